The Morgan fingerprint density at radius 2 is 0.562 bits per heavy atom. The van der Waals surface area contributed by atoms with Crippen LogP contribution in [0, 0.1) is 0 Å². The second kappa shape index (κ2) is 12.6. The Balaban J connectivity index is 0.000000211. The van der Waals surface area contributed by atoms with E-state index in [1.54, 1.807) is 121 Å². The Labute approximate surface area is 196 Å². The molecule has 8 heteroatoms. The molecule has 0 amide bonds. The Kier molecular flexibility index (Phi) is 10.2. The summed E-state index contributed by atoms with van der Waals surface area (Å²) in [5, 5.41) is 1.43. The fourth-order valence-electron chi connectivity index (χ4n) is 2.80. The van der Waals surface area contributed by atoms with Crippen molar-refractivity contribution in [2.45, 2.75) is 0 Å². The van der Waals surface area contributed by atoms with Crippen LogP contribution in [-0.2, 0) is 30.2 Å². The molecule has 161 valence electrons. The average molecular weight is 501 g/mol. The van der Waals surface area contributed by atoms with Gasteiger partial charge in [0.2, 0.25) is 0 Å². The summed E-state index contributed by atoms with van der Waals surface area (Å²) in [7, 11) is -7.29. The van der Waals surface area contributed by atoms with Crippen LogP contribution in [0.5, 0.6) is 0 Å². The van der Waals surface area contributed by atoms with Crippen LogP contribution in [0.2, 0.25) is 0 Å². The molecule has 0 atom stereocenters. The van der Waals surface area contributed by atoms with Gasteiger partial charge in [0.1, 0.15) is 0 Å². The molecule has 5 nitrogen and oxygen atoms in total. The summed E-state index contributed by atoms with van der Waals surface area (Å²) >= 11 is 1.06. The zero-order chi connectivity index (χ0) is 23.5. The molecule has 32 heavy (non-hydrogen) atoms. The van der Waals surface area contributed by atoms with Crippen LogP contribution in [0.1, 0.15) is 0 Å². The van der Waals surface area contributed by atoms with Crippen molar-refractivity contribution >= 4 is 36.0 Å². The van der Waals surface area contributed by atoms with Crippen molar-refractivity contribution in [1.29, 1.82) is 0 Å². The van der Waals surface area contributed by atoms with Crippen molar-refractivity contribution < 1.29 is 40.0 Å². The molecule has 0 saturated heterocycles. The Hall–Kier alpha value is -2.36. The summed E-state index contributed by atoms with van der Waals surface area (Å²) in [6.07, 6.45) is 0. The molecular formula is C24H20O5P2V. The first-order chi connectivity index (χ1) is 15.4. The first-order valence-electron chi connectivity index (χ1n) is 9.45. The molecule has 0 N–H and O–H groups in total. The van der Waals surface area contributed by atoms with Gasteiger partial charge in [-0.05, 0) is 0 Å². The molecule has 0 radical (unpaired) electrons. The quantitative estimate of drug-likeness (QED) is 0.401. The summed E-state index contributed by atoms with van der Waals surface area (Å²) in [6, 6.07) is 33.9. The van der Waals surface area contributed by atoms with E-state index in [2.05, 4.69) is 0 Å². The molecule has 0 fully saturated rings. The van der Waals surface area contributed by atoms with Gasteiger partial charge in [0.15, 0.2) is 0 Å². The van der Waals surface area contributed by atoms with E-state index in [9.17, 15) is 18.9 Å². The summed E-state index contributed by atoms with van der Waals surface area (Å²) in [6.45, 7) is 0. The van der Waals surface area contributed by atoms with Crippen molar-refractivity contribution in [3.05, 3.63) is 121 Å². The van der Waals surface area contributed by atoms with Gasteiger partial charge in [0.05, 0.1) is 14.7 Å². The number of hydrogen-bond acceptors (Lipinski definition) is 5. The summed E-state index contributed by atoms with van der Waals surface area (Å²) < 4.78 is 32.3. The van der Waals surface area contributed by atoms with Crippen molar-refractivity contribution in [1.82, 2.24) is 0 Å². The molecular weight excluding hydrogens is 481 g/mol. The first kappa shape index (κ1) is 25.9. The van der Waals surface area contributed by atoms with Crippen molar-refractivity contribution in [3.63, 3.8) is 0 Å². The molecule has 0 aliphatic rings. The average Bonchev–Trinajstić information content (AvgIpc) is 2.88. The molecule has 0 aromatic heterocycles. The van der Waals surface area contributed by atoms with Gasteiger partial charge in [0.25, 0.3) is 0 Å². The summed E-state index contributed by atoms with van der Waals surface area (Å²) in [5.41, 5.74) is 0. The minimum absolute atomic E-state index is 0.358. The molecule has 4 rings (SSSR count). The van der Waals surface area contributed by atoms with E-state index in [1.165, 1.54) is 0 Å². The second-order valence-corrected chi connectivity index (χ2v) is 10.7. The van der Waals surface area contributed by atoms with E-state index in [0.29, 0.717) is 21.2 Å². The van der Waals surface area contributed by atoms with Crippen LogP contribution in [0.15, 0.2) is 121 Å². The van der Waals surface area contributed by atoms with Gasteiger partial charge in [-0.2, -0.15) is 0 Å². The van der Waals surface area contributed by atoms with E-state index in [1.807, 2.05) is 0 Å². The monoisotopic (exact) mass is 501 g/mol. The minimum atomic E-state index is -3.65. The van der Waals surface area contributed by atoms with Crippen molar-refractivity contribution in [2.75, 3.05) is 0 Å². The van der Waals surface area contributed by atoms with Crippen LogP contribution in [-0.4, -0.2) is 0 Å². The van der Waals surface area contributed by atoms with Gasteiger partial charge < -0.3 is 18.9 Å². The van der Waals surface area contributed by atoms with Crippen molar-refractivity contribution in [2.24, 2.45) is 0 Å². The van der Waals surface area contributed by atoms with Crippen LogP contribution in [0.4, 0.5) is 0 Å². The van der Waals surface area contributed by atoms with E-state index in [4.69, 9.17) is 3.67 Å². The van der Waals surface area contributed by atoms with Crippen LogP contribution in [0.25, 0.3) is 0 Å². The number of hydrogen-bond donors (Lipinski definition) is 0. The molecule has 0 spiro atoms. The van der Waals surface area contributed by atoms with E-state index in [-0.39, 0.29) is 0 Å². The van der Waals surface area contributed by atoms with Gasteiger partial charge in [-0.25, -0.2) is 0 Å². The standard InChI is InChI=1S/2C12H11O2P.O.V/c2*13-15(14,11-7-3-1-4-8-11)12-9-5-2-6-10-12;;/h2*1-10H,(H,13,14);;/q;;;+2/p-2. The fraction of sp³-hybridized carbons (Fsp3) is 0. The van der Waals surface area contributed by atoms with E-state index >= 15 is 0 Å². The second-order valence-electron chi connectivity index (χ2n) is 6.45. The molecule has 0 heterocycles. The Morgan fingerprint density at radius 1 is 0.406 bits per heavy atom. The van der Waals surface area contributed by atoms with Gasteiger partial charge >= 0.3 is 21.0 Å². The predicted octanol–water partition coefficient (Wildman–Crippen LogP) is 2.43. The van der Waals surface area contributed by atoms with Crippen LogP contribution >= 0.6 is 14.7 Å². The zero-order valence-corrected chi connectivity index (χ0v) is 20.1. The Morgan fingerprint density at radius 3 is 0.719 bits per heavy atom. The molecule has 4 aromatic carbocycles. The number of benzene rings is 4. The Bertz CT molecular complexity index is 992. The van der Waals surface area contributed by atoms with Crippen molar-refractivity contribution in [3.8, 4) is 0 Å². The molecule has 0 aliphatic carbocycles. The molecule has 0 bridgehead atoms. The van der Waals surface area contributed by atoms with Gasteiger partial charge in [-0.3, -0.25) is 0 Å². The topological polar surface area (TPSA) is 97.3 Å². The third kappa shape index (κ3) is 6.82. The van der Waals surface area contributed by atoms with Gasteiger partial charge in [-0.1, -0.05) is 121 Å². The maximum absolute atomic E-state index is 12.1. The molecule has 0 unspecified atom stereocenters. The predicted molar refractivity (Wildman–Crippen MR) is 120 cm³/mol. The van der Waals surface area contributed by atoms with Gasteiger partial charge in [-0.15, -0.1) is 0 Å². The third-order valence-corrected chi connectivity index (χ3v) is 8.30. The van der Waals surface area contributed by atoms with E-state index in [0.717, 1.165) is 17.4 Å². The summed E-state index contributed by atoms with van der Waals surface area (Å²) in [4.78, 5) is 24.1. The first-order valence-corrected chi connectivity index (χ1v) is 13.3. The molecule has 4 aromatic rings. The molecule has 0 aliphatic heterocycles. The zero-order valence-electron chi connectivity index (χ0n) is 16.9. The van der Waals surface area contributed by atoms with Gasteiger partial charge in [0, 0.05) is 21.2 Å². The number of rotatable bonds is 4. The fourth-order valence-corrected chi connectivity index (χ4v) is 5.65. The SMILES string of the molecule is O=P([O-])(c1ccccc1)c1ccccc1.O=P([O-])(c1ccccc1)c1ccccc1.[O]=[V+2]. The maximum atomic E-state index is 12.1. The van der Waals surface area contributed by atoms with Crippen LogP contribution < -0.4 is 31.0 Å². The van der Waals surface area contributed by atoms with E-state index < -0.39 is 14.7 Å². The third-order valence-electron chi connectivity index (χ3n) is 4.38. The molecule has 0 saturated carbocycles. The van der Waals surface area contributed by atoms with Crippen LogP contribution in [0.3, 0.4) is 0 Å². The summed E-state index contributed by atoms with van der Waals surface area (Å²) in [5.74, 6) is 0. The normalized spacial score (nSPS) is 10.8.